The lowest BCUT2D eigenvalue weighted by molar-refractivity contribution is -0.133. The Morgan fingerprint density at radius 2 is 1.94 bits per heavy atom. The molecule has 1 aromatic rings. The van der Waals surface area contributed by atoms with Crippen LogP contribution in [0.2, 0.25) is 0 Å². The Hall–Kier alpha value is -0.480. The van der Waals surface area contributed by atoms with Gasteiger partial charge in [0.05, 0.1) is 12.0 Å². The number of hydrogen-bond acceptors (Lipinski definition) is 4. The molecule has 0 unspecified atom stereocenters. The predicted molar refractivity (Wildman–Crippen MR) is 80.3 cm³/mol. The van der Waals surface area contributed by atoms with Crippen LogP contribution in [0.4, 0.5) is 0 Å². The fourth-order valence-electron chi connectivity index (χ4n) is 1.40. The molecule has 1 saturated heterocycles. The molecule has 1 aliphatic heterocycles. The lowest BCUT2D eigenvalue weighted by Crippen LogP contribution is -2.04. The highest BCUT2D eigenvalue weighted by Crippen LogP contribution is 2.27. The highest BCUT2D eigenvalue weighted by molar-refractivity contribution is 7.95. The molecular weight excluding hydrogens is 264 g/mol. The standard InChI is InChI=1S/C10H16S.C4H6O2S/c1-7(2)9-5-10(8(3)4)11-6-9;5-4-2-1-3-7-6-4/h5-8H,1-4H3;1-3H2. The highest BCUT2D eigenvalue weighted by Gasteiger charge is 2.08. The Labute approximate surface area is 118 Å². The summed E-state index contributed by atoms with van der Waals surface area (Å²) >= 11 is 3.14. The SMILES string of the molecule is CC(C)c1csc(C(C)C)c1.O=C1CCCSO1. The van der Waals surface area contributed by atoms with Crippen LogP contribution in [0.25, 0.3) is 0 Å². The van der Waals surface area contributed by atoms with Gasteiger partial charge in [-0.2, -0.15) is 0 Å². The number of rotatable bonds is 2. The summed E-state index contributed by atoms with van der Waals surface area (Å²) in [6.45, 7) is 8.98. The zero-order valence-electron chi connectivity index (χ0n) is 11.6. The molecule has 0 saturated carbocycles. The molecule has 102 valence electrons. The van der Waals surface area contributed by atoms with Gasteiger partial charge in [-0.05, 0) is 35.3 Å². The van der Waals surface area contributed by atoms with E-state index in [9.17, 15) is 4.79 Å². The van der Waals surface area contributed by atoms with Crippen LogP contribution >= 0.6 is 23.4 Å². The van der Waals surface area contributed by atoms with E-state index in [-0.39, 0.29) is 5.97 Å². The summed E-state index contributed by atoms with van der Waals surface area (Å²) in [5.74, 6) is 2.26. The van der Waals surface area contributed by atoms with Crippen LogP contribution in [0.15, 0.2) is 11.4 Å². The van der Waals surface area contributed by atoms with E-state index in [2.05, 4.69) is 43.3 Å². The van der Waals surface area contributed by atoms with Gasteiger partial charge in [-0.3, -0.25) is 4.79 Å². The average Bonchev–Trinajstić information content (AvgIpc) is 2.80. The van der Waals surface area contributed by atoms with Crippen LogP contribution in [0.1, 0.15) is 62.8 Å². The van der Waals surface area contributed by atoms with Crippen molar-refractivity contribution in [3.8, 4) is 0 Å². The van der Waals surface area contributed by atoms with Crippen molar-refractivity contribution in [3.05, 3.63) is 21.9 Å². The van der Waals surface area contributed by atoms with Crippen molar-refractivity contribution in [1.82, 2.24) is 0 Å². The van der Waals surface area contributed by atoms with Gasteiger partial charge in [0.25, 0.3) is 0 Å². The molecule has 0 N–H and O–H groups in total. The van der Waals surface area contributed by atoms with Gasteiger partial charge < -0.3 is 4.18 Å². The minimum absolute atomic E-state index is 0.0729. The summed E-state index contributed by atoms with van der Waals surface area (Å²) in [6.07, 6.45) is 1.58. The first-order chi connectivity index (χ1) is 8.50. The van der Waals surface area contributed by atoms with Crippen molar-refractivity contribution in [3.63, 3.8) is 0 Å². The molecule has 1 fully saturated rings. The van der Waals surface area contributed by atoms with E-state index >= 15 is 0 Å². The van der Waals surface area contributed by atoms with Crippen LogP contribution in [0.3, 0.4) is 0 Å². The van der Waals surface area contributed by atoms with E-state index in [4.69, 9.17) is 0 Å². The Bertz CT molecular complexity index is 339. The summed E-state index contributed by atoms with van der Waals surface area (Å²) in [6, 6.07) is 2.33. The van der Waals surface area contributed by atoms with E-state index in [0.29, 0.717) is 18.3 Å². The maximum atomic E-state index is 10.2. The normalized spacial score (nSPS) is 15.3. The Morgan fingerprint density at radius 3 is 2.22 bits per heavy atom. The molecule has 2 heterocycles. The third kappa shape index (κ3) is 5.44. The van der Waals surface area contributed by atoms with E-state index in [0.717, 1.165) is 12.2 Å². The molecule has 0 spiro atoms. The minimum Gasteiger partial charge on any atom is -0.391 e. The van der Waals surface area contributed by atoms with Crippen LogP contribution in [-0.4, -0.2) is 11.7 Å². The van der Waals surface area contributed by atoms with E-state index in [1.807, 2.05) is 11.3 Å². The number of hydrogen-bond donors (Lipinski definition) is 0. The Morgan fingerprint density at radius 1 is 1.22 bits per heavy atom. The van der Waals surface area contributed by atoms with Gasteiger partial charge in [0.2, 0.25) is 0 Å². The first-order valence-corrected chi connectivity index (χ1v) is 8.20. The molecule has 0 atom stereocenters. The summed E-state index contributed by atoms with van der Waals surface area (Å²) in [5.41, 5.74) is 1.48. The minimum atomic E-state index is -0.0729. The van der Waals surface area contributed by atoms with E-state index < -0.39 is 0 Å². The smallest absolute Gasteiger partial charge is 0.317 e. The van der Waals surface area contributed by atoms with Crippen molar-refractivity contribution < 1.29 is 8.98 Å². The van der Waals surface area contributed by atoms with Crippen LogP contribution in [-0.2, 0) is 8.98 Å². The lowest BCUT2D eigenvalue weighted by atomic mass is 10.1. The molecule has 1 aromatic heterocycles. The fraction of sp³-hybridized carbons (Fsp3) is 0.643. The molecule has 4 heteroatoms. The van der Waals surface area contributed by atoms with Crippen LogP contribution in [0.5, 0.6) is 0 Å². The second-order valence-electron chi connectivity index (χ2n) is 4.97. The summed E-state index contributed by atoms with van der Waals surface area (Å²) in [7, 11) is 0. The molecule has 18 heavy (non-hydrogen) atoms. The predicted octanol–water partition coefficient (Wildman–Crippen LogP) is 4.97. The lowest BCUT2D eigenvalue weighted by Gasteiger charge is -2.05. The second kappa shape index (κ2) is 7.85. The van der Waals surface area contributed by atoms with Crippen molar-refractivity contribution in [2.75, 3.05) is 5.75 Å². The zero-order valence-corrected chi connectivity index (χ0v) is 13.2. The quantitative estimate of drug-likeness (QED) is 0.718. The maximum Gasteiger partial charge on any atom is 0.317 e. The van der Waals surface area contributed by atoms with Crippen LogP contribution < -0.4 is 0 Å². The number of carbonyl (C=O) groups excluding carboxylic acids is 1. The molecule has 2 nitrogen and oxygen atoms in total. The molecule has 1 aliphatic rings. The largest absolute Gasteiger partial charge is 0.391 e. The number of carbonyl (C=O) groups is 1. The highest BCUT2D eigenvalue weighted by atomic mass is 32.2. The average molecular weight is 286 g/mol. The summed E-state index contributed by atoms with van der Waals surface area (Å²) in [5, 5.41) is 2.28. The van der Waals surface area contributed by atoms with Crippen molar-refractivity contribution in [2.45, 2.75) is 52.4 Å². The molecule has 0 amide bonds. The molecule has 0 bridgehead atoms. The van der Waals surface area contributed by atoms with Gasteiger partial charge in [-0.15, -0.1) is 11.3 Å². The van der Waals surface area contributed by atoms with Crippen molar-refractivity contribution >= 4 is 29.3 Å². The van der Waals surface area contributed by atoms with E-state index in [1.165, 1.54) is 22.5 Å². The Balaban J connectivity index is 0.000000199. The monoisotopic (exact) mass is 286 g/mol. The first-order valence-electron chi connectivity index (χ1n) is 6.41. The van der Waals surface area contributed by atoms with Gasteiger partial charge in [-0.1, -0.05) is 27.7 Å². The fourth-order valence-corrected chi connectivity index (χ4v) is 3.05. The van der Waals surface area contributed by atoms with Gasteiger partial charge in [0.1, 0.15) is 0 Å². The molecule has 0 aromatic carbocycles. The molecular formula is C14H22O2S2. The zero-order chi connectivity index (χ0) is 13.5. The summed E-state index contributed by atoms with van der Waals surface area (Å²) in [4.78, 5) is 11.7. The third-order valence-corrected chi connectivity index (χ3v) is 4.65. The van der Waals surface area contributed by atoms with Gasteiger partial charge >= 0.3 is 5.97 Å². The first kappa shape index (κ1) is 15.6. The van der Waals surface area contributed by atoms with Gasteiger partial charge in [-0.25, -0.2) is 0 Å². The van der Waals surface area contributed by atoms with E-state index in [1.54, 1.807) is 0 Å². The van der Waals surface area contributed by atoms with Crippen molar-refractivity contribution in [1.29, 1.82) is 0 Å². The van der Waals surface area contributed by atoms with Gasteiger partial charge in [0, 0.05) is 17.1 Å². The molecule has 0 radical (unpaired) electrons. The topological polar surface area (TPSA) is 26.3 Å². The molecule has 0 aliphatic carbocycles. The van der Waals surface area contributed by atoms with Crippen LogP contribution in [0, 0.1) is 0 Å². The number of thiophene rings is 1. The summed E-state index contributed by atoms with van der Waals surface area (Å²) < 4.78 is 4.56. The Kier molecular flexibility index (Phi) is 6.79. The maximum absolute atomic E-state index is 10.2. The second-order valence-corrected chi connectivity index (χ2v) is 6.73. The molecule has 2 rings (SSSR count). The third-order valence-electron chi connectivity index (χ3n) is 2.64. The van der Waals surface area contributed by atoms with Gasteiger partial charge in [0.15, 0.2) is 0 Å². The van der Waals surface area contributed by atoms with Crippen molar-refractivity contribution in [2.24, 2.45) is 0 Å².